The fourth-order valence-electron chi connectivity index (χ4n) is 1.46. The van der Waals surface area contributed by atoms with E-state index in [1.54, 1.807) is 18.4 Å². The van der Waals surface area contributed by atoms with Gasteiger partial charge in [-0.2, -0.15) is 0 Å². The van der Waals surface area contributed by atoms with Crippen molar-refractivity contribution < 1.29 is 18.9 Å². The van der Waals surface area contributed by atoms with Crippen molar-refractivity contribution in [3.05, 3.63) is 16.8 Å². The maximum absolute atomic E-state index is 5.52. The molecular weight excluding hydrogens is 264 g/mol. The number of methoxy groups -OCH3 is 1. The van der Waals surface area contributed by atoms with Gasteiger partial charge >= 0.3 is 0 Å². The molecule has 0 bridgehead atoms. The lowest BCUT2D eigenvalue weighted by molar-refractivity contribution is 0.0681. The molecule has 1 aromatic rings. The second-order valence-electron chi connectivity index (χ2n) is 4.09. The van der Waals surface area contributed by atoms with Gasteiger partial charge < -0.3 is 18.9 Å². The zero-order chi connectivity index (χ0) is 13.6. The van der Waals surface area contributed by atoms with Crippen molar-refractivity contribution in [3.63, 3.8) is 0 Å². The number of rotatable bonds is 13. The Morgan fingerprint density at radius 1 is 0.895 bits per heavy atom. The van der Waals surface area contributed by atoms with E-state index in [-0.39, 0.29) is 0 Å². The third-order valence-corrected chi connectivity index (χ3v) is 3.07. The van der Waals surface area contributed by atoms with Gasteiger partial charge in [-0.25, -0.2) is 0 Å². The number of hydrogen-bond acceptors (Lipinski definition) is 5. The highest BCUT2D eigenvalue weighted by molar-refractivity contribution is 7.08. The third-order valence-electron chi connectivity index (χ3n) is 2.41. The van der Waals surface area contributed by atoms with Crippen molar-refractivity contribution in [2.24, 2.45) is 0 Å². The number of thiophene rings is 1. The van der Waals surface area contributed by atoms with Crippen LogP contribution in [0.2, 0.25) is 0 Å². The molecule has 0 aromatic carbocycles. The number of ether oxygens (including phenoxy) is 4. The molecule has 0 atom stereocenters. The van der Waals surface area contributed by atoms with E-state index in [2.05, 4.69) is 0 Å². The fraction of sp³-hybridized carbons (Fsp3) is 0.714. The Bertz CT molecular complexity index is 277. The molecule has 0 radical (unpaired) electrons. The first-order valence-corrected chi connectivity index (χ1v) is 7.67. The molecule has 0 aliphatic carbocycles. The smallest absolute Gasteiger partial charge is 0.129 e. The summed E-state index contributed by atoms with van der Waals surface area (Å²) in [7, 11) is 1.70. The Labute approximate surface area is 119 Å². The van der Waals surface area contributed by atoms with E-state index in [4.69, 9.17) is 18.9 Å². The van der Waals surface area contributed by atoms with Gasteiger partial charge in [-0.05, 0) is 24.3 Å². The Morgan fingerprint density at radius 3 is 2.11 bits per heavy atom. The van der Waals surface area contributed by atoms with Crippen molar-refractivity contribution in [1.82, 2.24) is 0 Å². The van der Waals surface area contributed by atoms with Crippen molar-refractivity contribution in [2.45, 2.75) is 19.3 Å². The lowest BCUT2D eigenvalue weighted by Gasteiger charge is -2.06. The molecule has 110 valence electrons. The van der Waals surface area contributed by atoms with Crippen LogP contribution in [0.4, 0.5) is 0 Å². The highest BCUT2D eigenvalue weighted by Gasteiger charge is 1.94. The molecule has 0 N–H and O–H groups in total. The Balaban J connectivity index is 1.72. The zero-order valence-electron chi connectivity index (χ0n) is 11.6. The van der Waals surface area contributed by atoms with Gasteiger partial charge in [0.15, 0.2) is 0 Å². The van der Waals surface area contributed by atoms with Crippen LogP contribution in [0.1, 0.15) is 19.3 Å². The van der Waals surface area contributed by atoms with E-state index in [1.165, 1.54) is 0 Å². The molecule has 5 heteroatoms. The van der Waals surface area contributed by atoms with Crippen LogP contribution in [0.5, 0.6) is 5.75 Å². The minimum atomic E-state index is 0.713. The summed E-state index contributed by atoms with van der Waals surface area (Å²) in [4.78, 5) is 0. The van der Waals surface area contributed by atoms with E-state index < -0.39 is 0 Å². The quantitative estimate of drug-likeness (QED) is 0.523. The molecule has 0 aliphatic rings. The van der Waals surface area contributed by atoms with Crippen molar-refractivity contribution in [3.8, 4) is 5.75 Å². The van der Waals surface area contributed by atoms with Crippen molar-refractivity contribution >= 4 is 11.3 Å². The molecule has 1 aromatic heterocycles. The van der Waals surface area contributed by atoms with E-state index in [0.29, 0.717) is 6.61 Å². The monoisotopic (exact) mass is 288 g/mol. The normalized spacial score (nSPS) is 10.8. The summed E-state index contributed by atoms with van der Waals surface area (Å²) in [5, 5.41) is 4.01. The molecule has 0 saturated heterocycles. The van der Waals surface area contributed by atoms with Crippen LogP contribution in [-0.2, 0) is 14.2 Å². The Hall–Kier alpha value is -0.620. The summed E-state index contributed by atoms with van der Waals surface area (Å²) in [6, 6.07) is 1.98. The topological polar surface area (TPSA) is 36.9 Å². The van der Waals surface area contributed by atoms with Gasteiger partial charge in [-0.3, -0.25) is 0 Å². The molecule has 0 unspecified atom stereocenters. The summed E-state index contributed by atoms with van der Waals surface area (Å²) < 4.78 is 21.4. The summed E-state index contributed by atoms with van der Waals surface area (Å²) >= 11 is 1.65. The lowest BCUT2D eigenvalue weighted by atomic mass is 10.4. The molecule has 4 nitrogen and oxygen atoms in total. The average molecular weight is 288 g/mol. The standard InChI is InChI=1S/C14H24O4S/c1-15-6-2-7-16-8-3-9-17-10-4-11-18-14-5-12-19-13-14/h5,12-13H,2-4,6-11H2,1H3. The molecule has 0 aliphatic heterocycles. The van der Waals surface area contributed by atoms with Crippen LogP contribution in [0, 0.1) is 0 Å². The maximum Gasteiger partial charge on any atom is 0.129 e. The SMILES string of the molecule is COCCCOCCCOCCCOc1ccsc1. The van der Waals surface area contributed by atoms with Crippen LogP contribution >= 0.6 is 11.3 Å². The van der Waals surface area contributed by atoms with Crippen LogP contribution in [0.3, 0.4) is 0 Å². The van der Waals surface area contributed by atoms with Gasteiger partial charge in [0.2, 0.25) is 0 Å². The van der Waals surface area contributed by atoms with Crippen molar-refractivity contribution in [2.75, 3.05) is 46.8 Å². The second kappa shape index (κ2) is 12.4. The van der Waals surface area contributed by atoms with Crippen LogP contribution in [-0.4, -0.2) is 46.8 Å². The van der Waals surface area contributed by atoms with Crippen LogP contribution in [0.15, 0.2) is 16.8 Å². The van der Waals surface area contributed by atoms with Gasteiger partial charge in [0, 0.05) is 51.9 Å². The van der Waals surface area contributed by atoms with E-state index in [9.17, 15) is 0 Å². The summed E-state index contributed by atoms with van der Waals surface area (Å²) in [6.07, 6.45) is 2.82. The number of hydrogen-bond donors (Lipinski definition) is 0. The van der Waals surface area contributed by atoms with Gasteiger partial charge in [0.05, 0.1) is 6.61 Å². The highest BCUT2D eigenvalue weighted by atomic mass is 32.1. The van der Waals surface area contributed by atoms with Crippen molar-refractivity contribution in [1.29, 1.82) is 0 Å². The molecular formula is C14H24O4S. The van der Waals surface area contributed by atoms with Crippen LogP contribution < -0.4 is 4.74 Å². The zero-order valence-corrected chi connectivity index (χ0v) is 12.5. The lowest BCUT2D eigenvalue weighted by Crippen LogP contribution is -2.06. The highest BCUT2D eigenvalue weighted by Crippen LogP contribution is 2.14. The van der Waals surface area contributed by atoms with Crippen LogP contribution in [0.25, 0.3) is 0 Å². The molecule has 0 saturated carbocycles. The van der Waals surface area contributed by atoms with E-state index in [1.807, 2.05) is 16.8 Å². The first-order chi connectivity index (χ1) is 9.43. The maximum atomic E-state index is 5.52. The summed E-state index contributed by atoms with van der Waals surface area (Å²) in [6.45, 7) is 4.50. The van der Waals surface area contributed by atoms with E-state index in [0.717, 1.165) is 58.0 Å². The molecule has 0 spiro atoms. The predicted molar refractivity (Wildman–Crippen MR) is 77.2 cm³/mol. The molecule has 19 heavy (non-hydrogen) atoms. The first-order valence-electron chi connectivity index (χ1n) is 6.73. The summed E-state index contributed by atoms with van der Waals surface area (Å²) in [5.74, 6) is 0.953. The van der Waals surface area contributed by atoms with Gasteiger partial charge in [-0.15, -0.1) is 11.3 Å². The predicted octanol–water partition coefficient (Wildman–Crippen LogP) is 2.98. The molecule has 0 fully saturated rings. The molecule has 1 heterocycles. The van der Waals surface area contributed by atoms with Gasteiger partial charge in [-0.1, -0.05) is 0 Å². The van der Waals surface area contributed by atoms with E-state index >= 15 is 0 Å². The first kappa shape index (κ1) is 16.4. The largest absolute Gasteiger partial charge is 0.493 e. The fourth-order valence-corrected chi connectivity index (χ4v) is 2.03. The second-order valence-corrected chi connectivity index (χ2v) is 4.87. The third kappa shape index (κ3) is 9.90. The Morgan fingerprint density at radius 2 is 1.53 bits per heavy atom. The Kier molecular flexibility index (Phi) is 10.7. The minimum Gasteiger partial charge on any atom is -0.493 e. The minimum absolute atomic E-state index is 0.713. The molecule has 0 amide bonds. The summed E-state index contributed by atoms with van der Waals surface area (Å²) in [5.41, 5.74) is 0. The average Bonchev–Trinajstić information content (AvgIpc) is 2.93. The van der Waals surface area contributed by atoms with Gasteiger partial charge in [0.1, 0.15) is 5.75 Å². The van der Waals surface area contributed by atoms with Gasteiger partial charge in [0.25, 0.3) is 0 Å². The molecule has 1 rings (SSSR count).